The largest absolute Gasteiger partial charge is 0.480 e. The van der Waals surface area contributed by atoms with E-state index in [1.165, 1.54) is 23.5 Å². The van der Waals surface area contributed by atoms with Gasteiger partial charge in [0.25, 0.3) is 5.91 Å². The minimum Gasteiger partial charge on any atom is -0.480 e. The van der Waals surface area contributed by atoms with Crippen LogP contribution in [0.3, 0.4) is 0 Å². The smallest absolute Gasteiger partial charge is 0.341 e. The molecule has 0 saturated carbocycles. The van der Waals surface area contributed by atoms with Crippen LogP contribution in [0.2, 0.25) is 5.02 Å². The quantitative estimate of drug-likeness (QED) is 0.777. The van der Waals surface area contributed by atoms with Crippen molar-refractivity contribution in [3.63, 3.8) is 0 Å². The fourth-order valence-electron chi connectivity index (χ4n) is 1.87. The van der Waals surface area contributed by atoms with Crippen molar-refractivity contribution in [1.29, 1.82) is 0 Å². The first kappa shape index (κ1) is 18.2. The lowest BCUT2D eigenvalue weighted by atomic mass is 10.3. The summed E-state index contributed by atoms with van der Waals surface area (Å²) in [5.41, 5.74) is 1.09. The number of hydrogen-bond acceptors (Lipinski definition) is 6. The molecule has 0 atom stereocenters. The van der Waals surface area contributed by atoms with Crippen molar-refractivity contribution in [3.05, 3.63) is 38.8 Å². The number of methoxy groups -OCH3 is 1. The van der Waals surface area contributed by atoms with Crippen LogP contribution in [0.4, 0.5) is 5.69 Å². The molecular formula is C15H15ClN2O5S. The molecule has 1 aromatic carbocycles. The number of amides is 1. The highest BCUT2D eigenvalue weighted by Gasteiger charge is 2.16. The fourth-order valence-corrected chi connectivity index (χ4v) is 3.04. The number of carbonyl (C=O) groups excluding carboxylic acids is 1. The van der Waals surface area contributed by atoms with Gasteiger partial charge in [0.2, 0.25) is 0 Å². The zero-order valence-corrected chi connectivity index (χ0v) is 14.5. The number of carboxylic acid groups (broad SMARTS) is 1. The van der Waals surface area contributed by atoms with Crippen LogP contribution in [0.1, 0.15) is 20.4 Å². The summed E-state index contributed by atoms with van der Waals surface area (Å²) in [7, 11) is 1.56. The predicted octanol–water partition coefficient (Wildman–Crippen LogP) is 2.97. The van der Waals surface area contributed by atoms with Crippen LogP contribution in [0.25, 0.3) is 0 Å². The number of carboxylic acids is 1. The highest BCUT2D eigenvalue weighted by molar-refractivity contribution is 7.13. The Morgan fingerprint density at radius 1 is 1.42 bits per heavy atom. The van der Waals surface area contributed by atoms with Crippen molar-refractivity contribution in [2.24, 2.45) is 0 Å². The highest BCUT2D eigenvalue weighted by atomic mass is 35.5. The lowest BCUT2D eigenvalue weighted by molar-refractivity contribution is -0.139. The lowest BCUT2D eigenvalue weighted by Crippen LogP contribution is -2.12. The van der Waals surface area contributed by atoms with Crippen molar-refractivity contribution < 1.29 is 24.2 Å². The number of ether oxygens (including phenoxy) is 2. The number of nitrogens with zero attached hydrogens (tertiary/aromatic N) is 1. The van der Waals surface area contributed by atoms with Crippen LogP contribution in [0, 0.1) is 6.92 Å². The summed E-state index contributed by atoms with van der Waals surface area (Å²) >= 11 is 7.28. The van der Waals surface area contributed by atoms with Gasteiger partial charge in [-0.15, -0.1) is 11.3 Å². The number of halogens is 1. The molecule has 0 aliphatic heterocycles. The number of carbonyl (C=O) groups is 2. The van der Waals surface area contributed by atoms with E-state index in [2.05, 4.69) is 10.3 Å². The van der Waals surface area contributed by atoms with E-state index in [0.29, 0.717) is 22.9 Å². The van der Waals surface area contributed by atoms with Crippen LogP contribution in [0.15, 0.2) is 18.2 Å². The molecule has 0 radical (unpaired) electrons. The average molecular weight is 371 g/mol. The van der Waals surface area contributed by atoms with E-state index in [4.69, 9.17) is 26.2 Å². The first-order valence-electron chi connectivity index (χ1n) is 6.81. The summed E-state index contributed by atoms with van der Waals surface area (Å²) in [5.74, 6) is -1.17. The monoisotopic (exact) mass is 370 g/mol. The summed E-state index contributed by atoms with van der Waals surface area (Å²) in [6.07, 6.45) is 0. The van der Waals surface area contributed by atoms with Gasteiger partial charge in [-0.3, -0.25) is 4.79 Å². The molecule has 0 spiro atoms. The van der Waals surface area contributed by atoms with Gasteiger partial charge in [0.15, 0.2) is 6.61 Å². The molecule has 24 heavy (non-hydrogen) atoms. The number of anilines is 1. The van der Waals surface area contributed by atoms with Crippen molar-refractivity contribution in [1.82, 2.24) is 4.98 Å². The predicted molar refractivity (Wildman–Crippen MR) is 90.1 cm³/mol. The number of aryl methyl sites for hydroxylation is 1. The Hall–Kier alpha value is -2.16. The second-order valence-electron chi connectivity index (χ2n) is 4.74. The maximum Gasteiger partial charge on any atom is 0.341 e. The zero-order chi connectivity index (χ0) is 17.7. The van der Waals surface area contributed by atoms with E-state index < -0.39 is 12.6 Å². The molecule has 2 aromatic rings. The Labute approximate surface area is 147 Å². The standard InChI is InChI=1S/C15H15ClN2O5S/c1-8-14(24-12(17-8)6-22-2)15(21)18-9-3-4-11(10(16)5-9)23-7-13(19)20/h3-5H,6-7H2,1-2H3,(H,18,21)(H,19,20). The number of nitrogens with one attached hydrogen (secondary N) is 1. The molecule has 1 aromatic heterocycles. The summed E-state index contributed by atoms with van der Waals surface area (Å²) in [5, 5.41) is 12.2. The molecule has 0 saturated heterocycles. The van der Waals surface area contributed by atoms with Gasteiger partial charge in [-0.25, -0.2) is 9.78 Å². The first-order chi connectivity index (χ1) is 11.4. The van der Waals surface area contributed by atoms with Crippen LogP contribution in [-0.2, 0) is 16.1 Å². The summed E-state index contributed by atoms with van der Waals surface area (Å²) in [6.45, 7) is 1.61. The van der Waals surface area contributed by atoms with Crippen molar-refractivity contribution in [2.45, 2.75) is 13.5 Å². The number of thiazole rings is 1. The molecule has 0 fully saturated rings. The van der Waals surface area contributed by atoms with Crippen LogP contribution in [0.5, 0.6) is 5.75 Å². The van der Waals surface area contributed by atoms with Gasteiger partial charge >= 0.3 is 5.97 Å². The molecular weight excluding hydrogens is 356 g/mol. The van der Waals surface area contributed by atoms with Gasteiger partial charge in [-0.05, 0) is 25.1 Å². The van der Waals surface area contributed by atoms with Crippen molar-refractivity contribution >= 4 is 40.5 Å². The van der Waals surface area contributed by atoms with E-state index in [1.807, 2.05) is 0 Å². The summed E-state index contributed by atoms with van der Waals surface area (Å²) < 4.78 is 10.0. The second kappa shape index (κ2) is 8.09. The molecule has 0 unspecified atom stereocenters. The lowest BCUT2D eigenvalue weighted by Gasteiger charge is -2.08. The number of hydrogen-bond donors (Lipinski definition) is 2. The van der Waals surface area contributed by atoms with E-state index in [-0.39, 0.29) is 16.7 Å². The second-order valence-corrected chi connectivity index (χ2v) is 6.23. The molecule has 0 aliphatic carbocycles. The minimum atomic E-state index is -1.10. The first-order valence-corrected chi connectivity index (χ1v) is 8.01. The third kappa shape index (κ3) is 4.67. The van der Waals surface area contributed by atoms with Gasteiger partial charge < -0.3 is 19.9 Å². The molecule has 1 heterocycles. The third-order valence-electron chi connectivity index (χ3n) is 2.86. The Kier molecular flexibility index (Phi) is 6.13. The van der Waals surface area contributed by atoms with Gasteiger partial charge in [-0.2, -0.15) is 0 Å². The summed E-state index contributed by atoms with van der Waals surface area (Å²) in [4.78, 5) is 27.6. The van der Waals surface area contributed by atoms with Gasteiger partial charge in [-0.1, -0.05) is 11.6 Å². The normalized spacial score (nSPS) is 10.5. The Morgan fingerprint density at radius 2 is 2.17 bits per heavy atom. The maximum atomic E-state index is 12.3. The molecule has 2 N–H and O–H groups in total. The Bertz CT molecular complexity index is 762. The highest BCUT2D eigenvalue weighted by Crippen LogP contribution is 2.28. The number of aromatic nitrogens is 1. The van der Waals surface area contributed by atoms with Crippen molar-refractivity contribution in [2.75, 3.05) is 19.0 Å². The van der Waals surface area contributed by atoms with E-state index in [9.17, 15) is 9.59 Å². The fraction of sp³-hybridized carbons (Fsp3) is 0.267. The maximum absolute atomic E-state index is 12.3. The zero-order valence-electron chi connectivity index (χ0n) is 13.0. The van der Waals surface area contributed by atoms with E-state index >= 15 is 0 Å². The molecule has 0 aliphatic rings. The van der Waals surface area contributed by atoms with Gasteiger partial charge in [0.1, 0.15) is 15.6 Å². The number of benzene rings is 1. The molecule has 128 valence electrons. The minimum absolute atomic E-state index is 0.204. The van der Waals surface area contributed by atoms with Crippen LogP contribution in [-0.4, -0.2) is 35.7 Å². The Balaban J connectivity index is 2.09. The SMILES string of the molecule is COCc1nc(C)c(C(=O)Nc2ccc(OCC(=O)O)c(Cl)c2)s1. The molecule has 9 heteroatoms. The topological polar surface area (TPSA) is 97.8 Å². The van der Waals surface area contributed by atoms with Gasteiger partial charge in [0, 0.05) is 12.8 Å². The van der Waals surface area contributed by atoms with Gasteiger partial charge in [0.05, 0.1) is 17.3 Å². The number of aliphatic carboxylic acids is 1. The van der Waals surface area contributed by atoms with E-state index in [1.54, 1.807) is 20.1 Å². The van der Waals surface area contributed by atoms with Crippen LogP contribution < -0.4 is 10.1 Å². The molecule has 1 amide bonds. The van der Waals surface area contributed by atoms with E-state index in [0.717, 1.165) is 5.01 Å². The van der Waals surface area contributed by atoms with Crippen molar-refractivity contribution in [3.8, 4) is 5.75 Å². The molecule has 7 nitrogen and oxygen atoms in total. The number of rotatable bonds is 7. The summed E-state index contributed by atoms with van der Waals surface area (Å²) in [6, 6.07) is 4.56. The third-order valence-corrected chi connectivity index (χ3v) is 4.28. The molecule has 2 rings (SSSR count). The Morgan fingerprint density at radius 3 is 2.79 bits per heavy atom. The van der Waals surface area contributed by atoms with Crippen LogP contribution >= 0.6 is 22.9 Å². The molecule has 0 bridgehead atoms. The average Bonchev–Trinajstić information content (AvgIpc) is 2.87.